The van der Waals surface area contributed by atoms with Gasteiger partial charge in [-0.2, -0.15) is 5.10 Å². The molecular weight excluding hydrogens is 484 g/mol. The predicted octanol–water partition coefficient (Wildman–Crippen LogP) is 5.24. The number of amides is 1. The van der Waals surface area contributed by atoms with E-state index in [1.807, 2.05) is 19.1 Å². The van der Waals surface area contributed by atoms with E-state index in [0.717, 1.165) is 0 Å². The standard InChI is InChI=1S/C30H26N2O6/c1-2-35-24-19-15-23(16-20-24)29(34)36-27-17-13-22(14-18-27)21-31-32-28(33)30(37-25-9-5-3-6-10-25)38-26-11-7-4-8-12-26/h3-21,30H,2H2,1H3,(H,32,33). The maximum Gasteiger partial charge on any atom is 0.343 e. The summed E-state index contributed by atoms with van der Waals surface area (Å²) in [6, 6.07) is 31.2. The first-order chi connectivity index (χ1) is 18.6. The van der Waals surface area contributed by atoms with E-state index in [2.05, 4.69) is 10.5 Å². The van der Waals surface area contributed by atoms with Crippen molar-refractivity contribution in [3.05, 3.63) is 120 Å². The topological polar surface area (TPSA) is 95.5 Å². The normalized spacial score (nSPS) is 10.7. The third kappa shape index (κ3) is 7.69. The summed E-state index contributed by atoms with van der Waals surface area (Å²) in [6.45, 7) is 2.44. The van der Waals surface area contributed by atoms with Crippen LogP contribution in [0.15, 0.2) is 114 Å². The van der Waals surface area contributed by atoms with Crippen LogP contribution in [0.1, 0.15) is 22.8 Å². The number of esters is 1. The van der Waals surface area contributed by atoms with Crippen LogP contribution in [0.5, 0.6) is 23.0 Å². The molecule has 38 heavy (non-hydrogen) atoms. The summed E-state index contributed by atoms with van der Waals surface area (Å²) < 4.78 is 22.3. The van der Waals surface area contributed by atoms with E-state index in [1.54, 1.807) is 97.1 Å². The smallest absolute Gasteiger partial charge is 0.343 e. The Morgan fingerprint density at radius 1 is 0.737 bits per heavy atom. The zero-order chi connectivity index (χ0) is 26.6. The zero-order valence-electron chi connectivity index (χ0n) is 20.7. The van der Waals surface area contributed by atoms with Gasteiger partial charge in [0.15, 0.2) is 0 Å². The summed E-state index contributed by atoms with van der Waals surface area (Å²) >= 11 is 0. The third-order valence-corrected chi connectivity index (χ3v) is 5.07. The van der Waals surface area contributed by atoms with Gasteiger partial charge in [0, 0.05) is 0 Å². The first-order valence-corrected chi connectivity index (χ1v) is 11.9. The molecule has 0 saturated heterocycles. The number of carbonyl (C=O) groups is 2. The van der Waals surface area contributed by atoms with Crippen LogP contribution in [-0.2, 0) is 4.79 Å². The number of carbonyl (C=O) groups excluding carboxylic acids is 2. The van der Waals surface area contributed by atoms with Crippen LogP contribution >= 0.6 is 0 Å². The van der Waals surface area contributed by atoms with Crippen LogP contribution < -0.4 is 24.4 Å². The lowest BCUT2D eigenvalue weighted by atomic mass is 10.2. The maximum atomic E-state index is 12.8. The van der Waals surface area contributed by atoms with Gasteiger partial charge in [0.25, 0.3) is 0 Å². The molecule has 192 valence electrons. The van der Waals surface area contributed by atoms with Crippen molar-refractivity contribution in [2.45, 2.75) is 13.2 Å². The van der Waals surface area contributed by atoms with E-state index < -0.39 is 18.2 Å². The fourth-order valence-electron chi connectivity index (χ4n) is 3.24. The van der Waals surface area contributed by atoms with Crippen molar-refractivity contribution in [3.63, 3.8) is 0 Å². The molecule has 8 heteroatoms. The Morgan fingerprint density at radius 2 is 1.29 bits per heavy atom. The molecule has 0 saturated carbocycles. The maximum absolute atomic E-state index is 12.8. The Morgan fingerprint density at radius 3 is 1.84 bits per heavy atom. The van der Waals surface area contributed by atoms with Crippen LogP contribution in [0.3, 0.4) is 0 Å². The van der Waals surface area contributed by atoms with Gasteiger partial charge in [0.1, 0.15) is 23.0 Å². The highest BCUT2D eigenvalue weighted by molar-refractivity contribution is 5.91. The summed E-state index contributed by atoms with van der Waals surface area (Å²) in [5.74, 6) is 0.937. The highest BCUT2D eigenvalue weighted by atomic mass is 16.7. The molecule has 0 fully saturated rings. The van der Waals surface area contributed by atoms with E-state index in [9.17, 15) is 9.59 Å². The van der Waals surface area contributed by atoms with Crippen LogP contribution in [0.4, 0.5) is 0 Å². The van der Waals surface area contributed by atoms with Crippen molar-refractivity contribution in [2.75, 3.05) is 6.61 Å². The van der Waals surface area contributed by atoms with E-state index >= 15 is 0 Å². The molecule has 0 atom stereocenters. The van der Waals surface area contributed by atoms with Crippen LogP contribution in [-0.4, -0.2) is 31.0 Å². The average Bonchev–Trinajstić information content (AvgIpc) is 2.95. The Kier molecular flexibility index (Phi) is 9.07. The van der Waals surface area contributed by atoms with Gasteiger partial charge in [-0.3, -0.25) is 4.79 Å². The number of benzene rings is 4. The molecule has 0 heterocycles. The number of hydrazone groups is 1. The Labute approximate surface area is 220 Å². The minimum Gasteiger partial charge on any atom is -0.494 e. The van der Waals surface area contributed by atoms with Crippen molar-refractivity contribution >= 4 is 18.1 Å². The molecule has 0 bridgehead atoms. The molecule has 4 aromatic carbocycles. The molecule has 0 unspecified atom stereocenters. The number of ether oxygens (including phenoxy) is 4. The molecule has 8 nitrogen and oxygen atoms in total. The third-order valence-electron chi connectivity index (χ3n) is 5.07. The van der Waals surface area contributed by atoms with Crippen LogP contribution in [0.25, 0.3) is 0 Å². The van der Waals surface area contributed by atoms with Crippen molar-refractivity contribution < 1.29 is 28.5 Å². The van der Waals surface area contributed by atoms with Gasteiger partial charge in [0.05, 0.1) is 18.4 Å². The Bertz CT molecular complexity index is 1300. The van der Waals surface area contributed by atoms with Gasteiger partial charge >= 0.3 is 18.2 Å². The van der Waals surface area contributed by atoms with Crippen molar-refractivity contribution in [1.82, 2.24) is 5.43 Å². The highest BCUT2D eigenvalue weighted by Gasteiger charge is 2.22. The number of para-hydroxylation sites is 2. The van der Waals surface area contributed by atoms with Crippen LogP contribution in [0.2, 0.25) is 0 Å². The largest absolute Gasteiger partial charge is 0.494 e. The highest BCUT2D eigenvalue weighted by Crippen LogP contribution is 2.18. The van der Waals surface area contributed by atoms with E-state index in [0.29, 0.717) is 40.7 Å². The molecule has 4 aromatic rings. The number of hydrogen-bond acceptors (Lipinski definition) is 7. The lowest BCUT2D eigenvalue weighted by Gasteiger charge is -2.18. The van der Waals surface area contributed by atoms with E-state index in [-0.39, 0.29) is 0 Å². The van der Waals surface area contributed by atoms with Crippen molar-refractivity contribution in [1.29, 1.82) is 0 Å². The van der Waals surface area contributed by atoms with Gasteiger partial charge in [-0.15, -0.1) is 0 Å². The van der Waals surface area contributed by atoms with E-state index in [1.165, 1.54) is 6.21 Å². The van der Waals surface area contributed by atoms with Gasteiger partial charge in [-0.25, -0.2) is 10.2 Å². The van der Waals surface area contributed by atoms with Gasteiger partial charge in [0.2, 0.25) is 0 Å². The molecule has 0 aromatic heterocycles. The second kappa shape index (κ2) is 13.3. The Hall–Kier alpha value is -5.11. The molecule has 0 aliphatic rings. The number of nitrogens with one attached hydrogen (secondary N) is 1. The summed E-state index contributed by atoms with van der Waals surface area (Å²) in [6.07, 6.45) is 0.194. The average molecular weight is 511 g/mol. The molecule has 0 radical (unpaired) electrons. The second-order valence-corrected chi connectivity index (χ2v) is 7.84. The molecule has 0 aliphatic heterocycles. The summed E-state index contributed by atoms with van der Waals surface area (Å²) in [5.41, 5.74) is 3.52. The summed E-state index contributed by atoms with van der Waals surface area (Å²) in [5, 5.41) is 4.00. The fraction of sp³-hybridized carbons (Fsp3) is 0.100. The lowest BCUT2D eigenvalue weighted by molar-refractivity contribution is -0.140. The number of nitrogens with zero attached hydrogens (tertiary/aromatic N) is 1. The van der Waals surface area contributed by atoms with Crippen molar-refractivity contribution in [2.24, 2.45) is 5.10 Å². The van der Waals surface area contributed by atoms with E-state index in [4.69, 9.17) is 18.9 Å². The Balaban J connectivity index is 1.33. The number of rotatable bonds is 11. The van der Waals surface area contributed by atoms with Gasteiger partial charge < -0.3 is 18.9 Å². The molecule has 1 amide bonds. The number of hydrogen-bond donors (Lipinski definition) is 1. The first kappa shape index (κ1) is 26.0. The fourth-order valence-corrected chi connectivity index (χ4v) is 3.24. The second-order valence-electron chi connectivity index (χ2n) is 7.84. The van der Waals surface area contributed by atoms with Gasteiger partial charge in [-0.1, -0.05) is 36.4 Å². The minimum absolute atomic E-state index is 0.373. The predicted molar refractivity (Wildman–Crippen MR) is 143 cm³/mol. The molecule has 1 N–H and O–H groups in total. The summed E-state index contributed by atoms with van der Waals surface area (Å²) in [4.78, 5) is 25.1. The van der Waals surface area contributed by atoms with Crippen LogP contribution in [0, 0.1) is 0 Å². The lowest BCUT2D eigenvalue weighted by Crippen LogP contribution is -2.40. The molecular formula is C30H26N2O6. The summed E-state index contributed by atoms with van der Waals surface area (Å²) in [7, 11) is 0. The SMILES string of the molecule is CCOc1ccc(C(=O)Oc2ccc(C=NNC(=O)C(Oc3ccccc3)Oc3ccccc3)cc2)cc1. The molecule has 0 aliphatic carbocycles. The monoisotopic (exact) mass is 510 g/mol. The van der Waals surface area contributed by atoms with Gasteiger partial charge in [-0.05, 0) is 85.3 Å². The molecule has 4 rings (SSSR count). The quantitative estimate of drug-likeness (QED) is 0.0975. The molecule has 0 spiro atoms. The first-order valence-electron chi connectivity index (χ1n) is 11.9. The zero-order valence-corrected chi connectivity index (χ0v) is 20.7. The minimum atomic E-state index is -1.26. The van der Waals surface area contributed by atoms with Crippen molar-refractivity contribution in [3.8, 4) is 23.0 Å².